The fraction of sp³-hybridized carbons (Fsp3) is 0.385. The van der Waals surface area contributed by atoms with Gasteiger partial charge in [-0.2, -0.15) is 0 Å². The number of allylic oxidation sites excluding steroid dienone is 2. The Morgan fingerprint density at radius 3 is 2.86 bits per heavy atom. The number of hydrogen-bond donors (Lipinski definition) is 0. The Balaban J connectivity index is 2.46. The molecule has 0 amide bonds. The van der Waals surface area contributed by atoms with Crippen molar-refractivity contribution in [2.45, 2.75) is 32.6 Å². The lowest BCUT2D eigenvalue weighted by molar-refractivity contribution is 0.939. The lowest BCUT2D eigenvalue weighted by Gasteiger charge is -2.10. The molecule has 74 valence electrons. The maximum atomic E-state index is 6.00. The van der Waals surface area contributed by atoms with E-state index in [-0.39, 0.29) is 0 Å². The molecule has 14 heavy (non-hydrogen) atoms. The zero-order chi connectivity index (χ0) is 10.1. The SMILES string of the molecule is CC1=CC(C)c2ccc(Cl)cc2CC1. The summed E-state index contributed by atoms with van der Waals surface area (Å²) in [6.45, 7) is 4.46. The van der Waals surface area contributed by atoms with Gasteiger partial charge in [-0.3, -0.25) is 0 Å². The van der Waals surface area contributed by atoms with Gasteiger partial charge in [-0.1, -0.05) is 36.2 Å². The van der Waals surface area contributed by atoms with E-state index in [9.17, 15) is 0 Å². The molecule has 0 saturated heterocycles. The van der Waals surface area contributed by atoms with Gasteiger partial charge in [-0.05, 0) is 48.9 Å². The second-order valence-electron chi connectivity index (χ2n) is 4.14. The molecule has 1 aromatic carbocycles. The monoisotopic (exact) mass is 206 g/mol. The number of aryl methyl sites for hydroxylation is 1. The van der Waals surface area contributed by atoms with Crippen LogP contribution < -0.4 is 0 Å². The Bertz CT molecular complexity index is 377. The fourth-order valence-corrected chi connectivity index (χ4v) is 2.36. The third-order valence-electron chi connectivity index (χ3n) is 2.92. The van der Waals surface area contributed by atoms with Crippen LogP contribution >= 0.6 is 11.6 Å². The molecule has 1 unspecified atom stereocenters. The van der Waals surface area contributed by atoms with Crippen molar-refractivity contribution in [3.05, 3.63) is 46.0 Å². The molecule has 1 heteroatoms. The van der Waals surface area contributed by atoms with Crippen LogP contribution in [0.5, 0.6) is 0 Å². The largest absolute Gasteiger partial charge is 0.0843 e. The number of halogens is 1. The first-order valence-corrected chi connectivity index (χ1v) is 5.50. The molecule has 0 N–H and O–H groups in total. The minimum absolute atomic E-state index is 0.532. The third kappa shape index (κ3) is 1.85. The maximum Gasteiger partial charge on any atom is 0.0408 e. The molecule has 1 atom stereocenters. The molecular weight excluding hydrogens is 192 g/mol. The van der Waals surface area contributed by atoms with Gasteiger partial charge in [0.1, 0.15) is 0 Å². The summed E-state index contributed by atoms with van der Waals surface area (Å²) in [6, 6.07) is 6.27. The number of rotatable bonds is 0. The second-order valence-corrected chi connectivity index (χ2v) is 4.58. The molecule has 0 heterocycles. The highest BCUT2D eigenvalue weighted by Crippen LogP contribution is 2.30. The lowest BCUT2D eigenvalue weighted by atomic mass is 9.96. The average molecular weight is 207 g/mol. The van der Waals surface area contributed by atoms with Gasteiger partial charge < -0.3 is 0 Å². The summed E-state index contributed by atoms with van der Waals surface area (Å²) < 4.78 is 0. The zero-order valence-electron chi connectivity index (χ0n) is 8.68. The van der Waals surface area contributed by atoms with E-state index in [1.807, 2.05) is 6.07 Å². The number of benzene rings is 1. The van der Waals surface area contributed by atoms with Crippen molar-refractivity contribution < 1.29 is 0 Å². The van der Waals surface area contributed by atoms with E-state index >= 15 is 0 Å². The van der Waals surface area contributed by atoms with Gasteiger partial charge in [0.15, 0.2) is 0 Å². The van der Waals surface area contributed by atoms with Crippen LogP contribution in [-0.2, 0) is 6.42 Å². The van der Waals surface area contributed by atoms with E-state index < -0.39 is 0 Å². The van der Waals surface area contributed by atoms with Gasteiger partial charge in [0.2, 0.25) is 0 Å². The molecule has 0 aromatic heterocycles. The number of fused-ring (bicyclic) bond motifs is 1. The summed E-state index contributed by atoms with van der Waals surface area (Å²) in [7, 11) is 0. The quantitative estimate of drug-likeness (QED) is 0.554. The van der Waals surface area contributed by atoms with Crippen molar-refractivity contribution in [1.82, 2.24) is 0 Å². The van der Waals surface area contributed by atoms with Crippen LogP contribution in [0.2, 0.25) is 5.02 Å². The molecule has 0 nitrogen and oxygen atoms in total. The normalized spacial score (nSPS) is 21.1. The molecule has 0 fully saturated rings. The van der Waals surface area contributed by atoms with Gasteiger partial charge >= 0.3 is 0 Å². The van der Waals surface area contributed by atoms with Gasteiger partial charge in [0.25, 0.3) is 0 Å². The van der Waals surface area contributed by atoms with Crippen molar-refractivity contribution in [1.29, 1.82) is 0 Å². The van der Waals surface area contributed by atoms with Crippen LogP contribution in [0.4, 0.5) is 0 Å². The van der Waals surface area contributed by atoms with Crippen LogP contribution in [0.1, 0.15) is 37.3 Å². The summed E-state index contributed by atoms with van der Waals surface area (Å²) >= 11 is 6.00. The van der Waals surface area contributed by atoms with E-state index in [1.54, 1.807) is 0 Å². The standard InChI is InChI=1S/C13H15Cl/c1-9-3-4-11-8-12(14)5-6-13(11)10(2)7-9/h5-8,10H,3-4H2,1-2H3. The van der Waals surface area contributed by atoms with E-state index in [4.69, 9.17) is 11.6 Å². The molecule has 1 aliphatic carbocycles. The Morgan fingerprint density at radius 1 is 1.29 bits per heavy atom. The predicted molar refractivity (Wildman–Crippen MR) is 61.9 cm³/mol. The minimum Gasteiger partial charge on any atom is -0.0843 e. The average Bonchev–Trinajstić information content (AvgIpc) is 2.26. The van der Waals surface area contributed by atoms with E-state index in [2.05, 4.69) is 32.1 Å². The third-order valence-corrected chi connectivity index (χ3v) is 3.15. The van der Waals surface area contributed by atoms with Crippen LogP contribution in [0.3, 0.4) is 0 Å². The molecule has 0 bridgehead atoms. The smallest absolute Gasteiger partial charge is 0.0408 e. The first kappa shape index (κ1) is 9.79. The summed E-state index contributed by atoms with van der Waals surface area (Å²) in [6.07, 6.45) is 4.65. The molecule has 2 rings (SSSR count). The van der Waals surface area contributed by atoms with Crippen LogP contribution in [-0.4, -0.2) is 0 Å². The topological polar surface area (TPSA) is 0 Å². The molecule has 1 aromatic rings. The summed E-state index contributed by atoms with van der Waals surface area (Å²) in [5.74, 6) is 0.532. The molecule has 0 aliphatic heterocycles. The fourth-order valence-electron chi connectivity index (χ4n) is 2.17. The molecule has 0 spiro atoms. The van der Waals surface area contributed by atoms with Gasteiger partial charge in [-0.15, -0.1) is 0 Å². The summed E-state index contributed by atoms with van der Waals surface area (Å²) in [4.78, 5) is 0. The Kier molecular flexibility index (Phi) is 2.64. The first-order chi connectivity index (χ1) is 6.66. The molecule has 0 radical (unpaired) electrons. The minimum atomic E-state index is 0.532. The van der Waals surface area contributed by atoms with Crippen molar-refractivity contribution >= 4 is 11.6 Å². The van der Waals surface area contributed by atoms with Gasteiger partial charge in [-0.25, -0.2) is 0 Å². The second kappa shape index (κ2) is 3.78. The predicted octanol–water partition coefficient (Wildman–Crippen LogP) is 4.34. The van der Waals surface area contributed by atoms with Crippen LogP contribution in [0.25, 0.3) is 0 Å². The van der Waals surface area contributed by atoms with E-state index in [1.165, 1.54) is 16.7 Å². The van der Waals surface area contributed by atoms with E-state index in [0.717, 1.165) is 17.9 Å². The van der Waals surface area contributed by atoms with Crippen molar-refractivity contribution in [2.75, 3.05) is 0 Å². The molecular formula is C13H15Cl. The Morgan fingerprint density at radius 2 is 2.07 bits per heavy atom. The van der Waals surface area contributed by atoms with Crippen LogP contribution in [0.15, 0.2) is 29.8 Å². The highest BCUT2D eigenvalue weighted by atomic mass is 35.5. The summed E-state index contributed by atoms with van der Waals surface area (Å²) in [5, 5.41) is 0.857. The Hall–Kier alpha value is -0.750. The zero-order valence-corrected chi connectivity index (χ0v) is 9.43. The van der Waals surface area contributed by atoms with Gasteiger partial charge in [0, 0.05) is 5.02 Å². The summed E-state index contributed by atoms with van der Waals surface area (Å²) in [5.41, 5.74) is 4.34. The Labute approximate surface area is 90.6 Å². The van der Waals surface area contributed by atoms with Crippen LogP contribution in [0, 0.1) is 0 Å². The van der Waals surface area contributed by atoms with Crippen molar-refractivity contribution in [2.24, 2.45) is 0 Å². The van der Waals surface area contributed by atoms with E-state index in [0.29, 0.717) is 5.92 Å². The van der Waals surface area contributed by atoms with Crippen molar-refractivity contribution in [3.63, 3.8) is 0 Å². The molecule has 0 saturated carbocycles. The first-order valence-electron chi connectivity index (χ1n) is 5.12. The highest BCUT2D eigenvalue weighted by molar-refractivity contribution is 6.30. The number of hydrogen-bond acceptors (Lipinski definition) is 0. The maximum absolute atomic E-state index is 6.00. The highest BCUT2D eigenvalue weighted by Gasteiger charge is 2.13. The van der Waals surface area contributed by atoms with Crippen molar-refractivity contribution in [3.8, 4) is 0 Å². The molecule has 1 aliphatic rings. The lowest BCUT2D eigenvalue weighted by Crippen LogP contribution is -1.94. The van der Waals surface area contributed by atoms with Gasteiger partial charge in [0.05, 0.1) is 0 Å².